The van der Waals surface area contributed by atoms with Crippen molar-refractivity contribution < 1.29 is 23.5 Å². The SMILES string of the molecule is COc1cc(Br)c(/C=C2\C(=O)NC(=S)N(c3cccc(F)c3)C2=O)cc1OC. The fourth-order valence-electron chi connectivity index (χ4n) is 2.64. The summed E-state index contributed by atoms with van der Waals surface area (Å²) in [6.45, 7) is 0. The molecule has 2 aromatic carbocycles. The third-order valence-corrected chi connectivity index (χ3v) is 4.94. The molecule has 1 heterocycles. The Balaban J connectivity index is 2.07. The maximum atomic E-state index is 13.6. The summed E-state index contributed by atoms with van der Waals surface area (Å²) in [6.07, 6.45) is 1.40. The largest absolute Gasteiger partial charge is 0.493 e. The smallest absolute Gasteiger partial charge is 0.270 e. The van der Waals surface area contributed by atoms with E-state index in [1.165, 1.54) is 38.5 Å². The first-order chi connectivity index (χ1) is 13.3. The van der Waals surface area contributed by atoms with E-state index >= 15 is 0 Å². The van der Waals surface area contributed by atoms with Crippen LogP contribution in [0.15, 0.2) is 46.4 Å². The molecule has 0 atom stereocenters. The summed E-state index contributed by atoms with van der Waals surface area (Å²) in [5.41, 5.74) is 0.571. The van der Waals surface area contributed by atoms with Gasteiger partial charge in [0.05, 0.1) is 19.9 Å². The molecule has 144 valence electrons. The third kappa shape index (κ3) is 3.76. The highest BCUT2D eigenvalue weighted by Gasteiger charge is 2.34. The van der Waals surface area contributed by atoms with Gasteiger partial charge in [0.2, 0.25) is 0 Å². The van der Waals surface area contributed by atoms with Gasteiger partial charge in [0, 0.05) is 4.47 Å². The van der Waals surface area contributed by atoms with Crippen molar-refractivity contribution in [3.8, 4) is 11.5 Å². The van der Waals surface area contributed by atoms with Crippen molar-refractivity contribution in [1.29, 1.82) is 0 Å². The molecule has 0 radical (unpaired) electrons. The maximum absolute atomic E-state index is 13.6. The lowest BCUT2D eigenvalue weighted by atomic mass is 10.1. The predicted molar refractivity (Wildman–Crippen MR) is 110 cm³/mol. The van der Waals surface area contributed by atoms with E-state index in [2.05, 4.69) is 21.2 Å². The summed E-state index contributed by atoms with van der Waals surface area (Å²) in [5.74, 6) is -0.930. The van der Waals surface area contributed by atoms with E-state index in [4.69, 9.17) is 21.7 Å². The molecule has 0 bridgehead atoms. The Hall–Kier alpha value is -2.78. The van der Waals surface area contributed by atoms with Crippen molar-refractivity contribution in [2.75, 3.05) is 19.1 Å². The Kier molecular flexibility index (Phi) is 5.76. The van der Waals surface area contributed by atoms with Crippen molar-refractivity contribution in [3.63, 3.8) is 0 Å². The standard InChI is InChI=1S/C19H14BrFN2O4S/c1-26-15-7-10(14(20)9-16(15)27-2)6-13-17(24)22-19(28)23(18(13)25)12-5-3-4-11(21)8-12/h3-9H,1-2H3,(H,22,24,28)/b13-6+. The number of nitrogens with zero attached hydrogens (tertiary/aromatic N) is 1. The van der Waals surface area contributed by atoms with Gasteiger partial charge in [0.1, 0.15) is 11.4 Å². The fourth-order valence-corrected chi connectivity index (χ4v) is 3.36. The Labute approximate surface area is 174 Å². The molecule has 0 unspecified atom stereocenters. The summed E-state index contributed by atoms with van der Waals surface area (Å²) in [6, 6.07) is 8.66. The molecule has 0 spiro atoms. The number of methoxy groups -OCH3 is 2. The maximum Gasteiger partial charge on any atom is 0.270 e. The molecule has 6 nitrogen and oxygen atoms in total. The number of thiocarbonyl (C=S) groups is 1. The van der Waals surface area contributed by atoms with Gasteiger partial charge in [-0.3, -0.25) is 19.8 Å². The molecule has 3 rings (SSSR count). The lowest BCUT2D eigenvalue weighted by molar-refractivity contribution is -0.122. The number of carbonyl (C=O) groups excluding carboxylic acids is 2. The van der Waals surface area contributed by atoms with Crippen LogP contribution in [0.2, 0.25) is 0 Å². The molecule has 28 heavy (non-hydrogen) atoms. The highest BCUT2D eigenvalue weighted by molar-refractivity contribution is 9.10. The zero-order valence-electron chi connectivity index (χ0n) is 14.8. The lowest BCUT2D eigenvalue weighted by Gasteiger charge is -2.29. The number of halogens is 2. The fraction of sp³-hybridized carbons (Fsp3) is 0.105. The van der Waals surface area contributed by atoms with Crippen LogP contribution in [-0.4, -0.2) is 31.1 Å². The van der Waals surface area contributed by atoms with Gasteiger partial charge in [-0.25, -0.2) is 4.39 Å². The minimum atomic E-state index is -0.666. The quantitative estimate of drug-likeness (QED) is 0.426. The zero-order valence-corrected chi connectivity index (χ0v) is 17.2. The molecule has 1 aliphatic rings. The summed E-state index contributed by atoms with van der Waals surface area (Å²) in [5, 5.41) is 2.33. The normalized spacial score (nSPS) is 15.6. The molecule has 0 aromatic heterocycles. The summed E-state index contributed by atoms with van der Waals surface area (Å²) in [7, 11) is 2.98. The van der Waals surface area contributed by atoms with Gasteiger partial charge in [0.25, 0.3) is 11.8 Å². The van der Waals surface area contributed by atoms with Crippen LogP contribution in [0.25, 0.3) is 6.08 Å². The first-order valence-corrected chi connectivity index (χ1v) is 9.14. The molecule has 0 aliphatic carbocycles. The minimum Gasteiger partial charge on any atom is -0.493 e. The molecule has 1 fully saturated rings. The topological polar surface area (TPSA) is 67.9 Å². The first kappa shape index (κ1) is 20.0. The van der Waals surface area contributed by atoms with Crippen LogP contribution in [0.5, 0.6) is 11.5 Å². The number of hydrogen-bond donors (Lipinski definition) is 1. The lowest BCUT2D eigenvalue weighted by Crippen LogP contribution is -2.54. The van der Waals surface area contributed by atoms with E-state index in [1.807, 2.05) is 0 Å². The van der Waals surface area contributed by atoms with Gasteiger partial charge in [0.15, 0.2) is 16.6 Å². The van der Waals surface area contributed by atoms with Crippen molar-refractivity contribution in [2.24, 2.45) is 0 Å². The molecule has 2 aromatic rings. The second-order valence-corrected chi connectivity index (χ2v) is 6.91. The third-order valence-electron chi connectivity index (χ3n) is 3.97. The number of hydrogen-bond acceptors (Lipinski definition) is 5. The van der Waals surface area contributed by atoms with E-state index in [1.54, 1.807) is 12.1 Å². The van der Waals surface area contributed by atoms with Gasteiger partial charge in [-0.1, -0.05) is 22.0 Å². The Morgan fingerprint density at radius 3 is 2.46 bits per heavy atom. The molecular weight excluding hydrogens is 451 g/mol. The number of carbonyl (C=O) groups is 2. The molecule has 1 N–H and O–H groups in total. The molecule has 9 heteroatoms. The van der Waals surface area contributed by atoms with E-state index in [0.717, 1.165) is 11.0 Å². The van der Waals surface area contributed by atoms with Crippen LogP contribution in [0.1, 0.15) is 5.56 Å². The number of nitrogens with one attached hydrogen (secondary N) is 1. The van der Waals surface area contributed by atoms with Gasteiger partial charge in [-0.2, -0.15) is 0 Å². The van der Waals surface area contributed by atoms with Crippen molar-refractivity contribution in [1.82, 2.24) is 5.32 Å². The van der Waals surface area contributed by atoms with Crippen LogP contribution < -0.4 is 19.7 Å². The second kappa shape index (κ2) is 8.07. The van der Waals surface area contributed by atoms with Gasteiger partial charge >= 0.3 is 0 Å². The number of benzene rings is 2. The van der Waals surface area contributed by atoms with Gasteiger partial charge < -0.3 is 9.47 Å². The van der Waals surface area contributed by atoms with Crippen LogP contribution in [0.4, 0.5) is 10.1 Å². The summed E-state index contributed by atoms with van der Waals surface area (Å²) in [4.78, 5) is 26.4. The highest BCUT2D eigenvalue weighted by Crippen LogP contribution is 2.35. The van der Waals surface area contributed by atoms with Crippen molar-refractivity contribution >= 4 is 56.8 Å². The van der Waals surface area contributed by atoms with Crippen molar-refractivity contribution in [2.45, 2.75) is 0 Å². The van der Waals surface area contributed by atoms with Crippen LogP contribution >= 0.6 is 28.1 Å². The summed E-state index contributed by atoms with van der Waals surface area (Å²) < 4.78 is 24.7. The first-order valence-electron chi connectivity index (χ1n) is 7.94. The number of anilines is 1. The molecule has 1 aliphatic heterocycles. The van der Waals surface area contributed by atoms with Gasteiger partial charge in [-0.05, 0) is 54.2 Å². The Morgan fingerprint density at radius 1 is 1.14 bits per heavy atom. The minimum absolute atomic E-state index is 0.121. The number of amides is 2. The Bertz CT molecular complexity index is 1020. The average molecular weight is 465 g/mol. The Morgan fingerprint density at radius 2 is 1.82 bits per heavy atom. The average Bonchev–Trinajstić information content (AvgIpc) is 2.65. The monoisotopic (exact) mass is 464 g/mol. The highest BCUT2D eigenvalue weighted by atomic mass is 79.9. The number of rotatable bonds is 4. The van der Waals surface area contributed by atoms with E-state index < -0.39 is 17.6 Å². The molecule has 0 saturated carbocycles. The van der Waals surface area contributed by atoms with E-state index in [0.29, 0.717) is 21.5 Å². The molecule has 1 saturated heterocycles. The van der Waals surface area contributed by atoms with Crippen molar-refractivity contribution in [3.05, 3.63) is 57.8 Å². The predicted octanol–water partition coefficient (Wildman–Crippen LogP) is 3.44. The van der Waals surface area contributed by atoms with Crippen LogP contribution in [0, 0.1) is 5.82 Å². The van der Waals surface area contributed by atoms with E-state index in [-0.39, 0.29) is 16.4 Å². The summed E-state index contributed by atoms with van der Waals surface area (Å²) >= 11 is 8.49. The van der Waals surface area contributed by atoms with Crippen LogP contribution in [-0.2, 0) is 9.59 Å². The second-order valence-electron chi connectivity index (χ2n) is 5.67. The van der Waals surface area contributed by atoms with Gasteiger partial charge in [-0.15, -0.1) is 0 Å². The zero-order chi connectivity index (χ0) is 20.4. The van der Waals surface area contributed by atoms with Crippen LogP contribution in [0.3, 0.4) is 0 Å². The molecule has 2 amide bonds. The van der Waals surface area contributed by atoms with E-state index in [9.17, 15) is 14.0 Å². The molecular formula is C19H14BrFN2O4S. The number of ether oxygens (including phenoxy) is 2.